The number of hydrogen-bond donors (Lipinski definition) is 1. The molecule has 1 aromatic rings. The first-order valence-electron chi connectivity index (χ1n) is 6.61. The summed E-state index contributed by atoms with van der Waals surface area (Å²) in [7, 11) is 0. The standard InChI is InChI=1S/C11H12BrF2N3O4S/c12-9-15-16-10(22-11(13,14)8(18)19)17(9)7-4-3-6(20-21-7)5-1-2-5/h5-7H,1-4H2,(H,18,19). The molecular weight excluding hydrogens is 388 g/mol. The van der Waals surface area contributed by atoms with E-state index in [0.29, 0.717) is 12.3 Å². The zero-order chi connectivity index (χ0) is 15.9. The SMILES string of the molecule is O=C(O)C(F)(F)Sc1nnc(Br)n1C1CCC(C2CC2)OO1. The van der Waals surface area contributed by atoms with Crippen molar-refractivity contribution in [1.82, 2.24) is 14.8 Å². The van der Waals surface area contributed by atoms with Crippen LogP contribution in [0.5, 0.6) is 0 Å². The molecule has 2 heterocycles. The van der Waals surface area contributed by atoms with Crippen molar-refractivity contribution in [3.8, 4) is 0 Å². The third kappa shape index (κ3) is 3.26. The Kier molecular flexibility index (Phi) is 4.40. The second kappa shape index (κ2) is 6.02. The molecule has 0 bridgehead atoms. The fourth-order valence-corrected chi connectivity index (χ4v) is 3.52. The van der Waals surface area contributed by atoms with E-state index in [9.17, 15) is 13.6 Å². The minimum atomic E-state index is -4.00. The molecule has 3 rings (SSSR count). The van der Waals surface area contributed by atoms with Gasteiger partial charge in [0.2, 0.25) is 4.73 Å². The van der Waals surface area contributed by atoms with Gasteiger partial charge in [-0.15, -0.1) is 10.2 Å². The topological polar surface area (TPSA) is 86.5 Å². The molecule has 0 aromatic carbocycles. The van der Waals surface area contributed by atoms with Gasteiger partial charge in [-0.2, -0.15) is 8.78 Å². The normalized spacial score (nSPS) is 26.1. The number of carboxylic acids is 1. The molecule has 2 fully saturated rings. The van der Waals surface area contributed by atoms with E-state index in [-0.39, 0.29) is 27.8 Å². The van der Waals surface area contributed by atoms with Crippen LogP contribution in [0, 0.1) is 5.92 Å². The van der Waals surface area contributed by atoms with Gasteiger partial charge >= 0.3 is 11.2 Å². The van der Waals surface area contributed by atoms with Crippen molar-refractivity contribution >= 4 is 33.7 Å². The molecular formula is C11H12BrF2N3O4S. The highest BCUT2D eigenvalue weighted by atomic mass is 79.9. The summed E-state index contributed by atoms with van der Waals surface area (Å²) in [5, 5.41) is 11.5. The van der Waals surface area contributed by atoms with Crippen molar-refractivity contribution in [1.29, 1.82) is 0 Å². The van der Waals surface area contributed by atoms with Gasteiger partial charge in [-0.1, -0.05) is 0 Å². The molecule has 11 heteroatoms. The highest BCUT2D eigenvalue weighted by Crippen LogP contribution is 2.42. The Labute approximate surface area is 136 Å². The summed E-state index contributed by atoms with van der Waals surface area (Å²) in [6.07, 6.45) is 2.86. The molecule has 1 aliphatic heterocycles. The molecule has 0 amide bonds. The van der Waals surface area contributed by atoms with Crippen LogP contribution < -0.4 is 0 Å². The maximum Gasteiger partial charge on any atom is 0.395 e. The van der Waals surface area contributed by atoms with Crippen molar-refractivity contribution in [3.63, 3.8) is 0 Å². The molecule has 22 heavy (non-hydrogen) atoms. The summed E-state index contributed by atoms with van der Waals surface area (Å²) >= 11 is 2.91. The van der Waals surface area contributed by atoms with Crippen LogP contribution in [0.25, 0.3) is 0 Å². The number of carboxylic acid groups (broad SMARTS) is 1. The summed E-state index contributed by atoms with van der Waals surface area (Å²) in [5.41, 5.74) is 0. The summed E-state index contributed by atoms with van der Waals surface area (Å²) in [6.45, 7) is 0. The minimum Gasteiger partial charge on any atom is -0.476 e. The number of alkyl halides is 2. The largest absolute Gasteiger partial charge is 0.476 e. The number of halogens is 3. The third-order valence-electron chi connectivity index (χ3n) is 3.52. The van der Waals surface area contributed by atoms with Gasteiger partial charge in [0.15, 0.2) is 11.4 Å². The lowest BCUT2D eigenvalue weighted by molar-refractivity contribution is -0.396. The maximum atomic E-state index is 13.4. The lowest BCUT2D eigenvalue weighted by Crippen LogP contribution is -2.29. The second-order valence-corrected chi connectivity index (χ2v) is 6.94. The van der Waals surface area contributed by atoms with E-state index in [4.69, 9.17) is 14.9 Å². The van der Waals surface area contributed by atoms with E-state index < -0.39 is 17.5 Å². The van der Waals surface area contributed by atoms with Crippen LogP contribution in [0.15, 0.2) is 9.89 Å². The first-order valence-corrected chi connectivity index (χ1v) is 8.22. The van der Waals surface area contributed by atoms with E-state index in [1.165, 1.54) is 4.57 Å². The van der Waals surface area contributed by atoms with Crippen LogP contribution >= 0.6 is 27.7 Å². The average Bonchev–Trinajstić information content (AvgIpc) is 3.25. The zero-order valence-electron chi connectivity index (χ0n) is 11.1. The number of carbonyl (C=O) groups is 1. The Morgan fingerprint density at radius 2 is 2.05 bits per heavy atom. The van der Waals surface area contributed by atoms with E-state index in [1.54, 1.807) is 0 Å². The van der Waals surface area contributed by atoms with Crippen LogP contribution in [0.1, 0.15) is 31.9 Å². The van der Waals surface area contributed by atoms with Gasteiger partial charge < -0.3 is 5.11 Å². The number of rotatable bonds is 5. The molecule has 1 aromatic heterocycles. The van der Waals surface area contributed by atoms with Crippen molar-refractivity contribution in [2.75, 3.05) is 0 Å². The molecule has 7 nitrogen and oxygen atoms in total. The van der Waals surface area contributed by atoms with Crippen molar-refractivity contribution in [2.45, 2.75) is 48.4 Å². The summed E-state index contributed by atoms with van der Waals surface area (Å²) in [4.78, 5) is 21.1. The van der Waals surface area contributed by atoms with E-state index >= 15 is 0 Å². The Bertz CT molecular complexity index is 576. The predicted octanol–water partition coefficient (Wildman–Crippen LogP) is 2.83. The summed E-state index contributed by atoms with van der Waals surface area (Å²) < 4.78 is 28.2. The minimum absolute atomic E-state index is 0.0306. The first-order chi connectivity index (χ1) is 10.4. The molecule has 1 N–H and O–H groups in total. The Balaban J connectivity index is 1.73. The van der Waals surface area contributed by atoms with Crippen LogP contribution in [0.3, 0.4) is 0 Å². The number of aromatic nitrogens is 3. The van der Waals surface area contributed by atoms with E-state index in [1.807, 2.05) is 0 Å². The Morgan fingerprint density at radius 3 is 2.59 bits per heavy atom. The monoisotopic (exact) mass is 399 g/mol. The van der Waals surface area contributed by atoms with Crippen LogP contribution in [-0.4, -0.2) is 37.2 Å². The average molecular weight is 400 g/mol. The first kappa shape index (κ1) is 16.1. The third-order valence-corrected chi connectivity index (χ3v) is 4.95. The molecule has 0 radical (unpaired) electrons. The lowest BCUT2D eigenvalue weighted by Gasteiger charge is -2.29. The van der Waals surface area contributed by atoms with E-state index in [0.717, 1.165) is 19.3 Å². The molecule has 1 saturated heterocycles. The molecule has 1 aliphatic carbocycles. The van der Waals surface area contributed by atoms with Gasteiger partial charge in [-0.3, -0.25) is 4.57 Å². The number of nitrogens with zero attached hydrogens (tertiary/aromatic N) is 3. The molecule has 2 unspecified atom stereocenters. The zero-order valence-corrected chi connectivity index (χ0v) is 13.5. The van der Waals surface area contributed by atoms with Gasteiger partial charge in [0.1, 0.15) is 0 Å². The van der Waals surface area contributed by atoms with Crippen molar-refractivity contribution in [2.24, 2.45) is 5.92 Å². The highest BCUT2D eigenvalue weighted by molar-refractivity contribution is 9.10. The molecule has 0 spiro atoms. The number of hydrogen-bond acceptors (Lipinski definition) is 6. The van der Waals surface area contributed by atoms with Gasteiger partial charge in [0, 0.05) is 11.8 Å². The highest BCUT2D eigenvalue weighted by Gasteiger charge is 2.44. The molecule has 1 saturated carbocycles. The molecule has 122 valence electrons. The van der Waals surface area contributed by atoms with Gasteiger partial charge in [0.25, 0.3) is 0 Å². The molecule has 2 aliphatic rings. The van der Waals surface area contributed by atoms with Crippen LogP contribution in [0.2, 0.25) is 0 Å². The molecule has 2 atom stereocenters. The van der Waals surface area contributed by atoms with E-state index in [2.05, 4.69) is 26.1 Å². The van der Waals surface area contributed by atoms with Crippen molar-refractivity contribution in [3.05, 3.63) is 4.73 Å². The summed E-state index contributed by atoms with van der Waals surface area (Å²) in [6, 6.07) is 0. The Morgan fingerprint density at radius 1 is 1.32 bits per heavy atom. The van der Waals surface area contributed by atoms with Gasteiger partial charge in [-0.25, -0.2) is 14.6 Å². The Hall–Kier alpha value is -0.780. The lowest BCUT2D eigenvalue weighted by atomic mass is 10.1. The van der Waals surface area contributed by atoms with Crippen LogP contribution in [0.4, 0.5) is 8.78 Å². The predicted molar refractivity (Wildman–Crippen MR) is 73.1 cm³/mol. The maximum absolute atomic E-state index is 13.4. The fourth-order valence-electron chi connectivity index (χ4n) is 2.22. The summed E-state index contributed by atoms with van der Waals surface area (Å²) in [5.74, 6) is -1.73. The van der Waals surface area contributed by atoms with Gasteiger partial charge in [0.05, 0.1) is 6.10 Å². The quantitative estimate of drug-likeness (QED) is 0.601. The van der Waals surface area contributed by atoms with Crippen LogP contribution in [-0.2, 0) is 14.6 Å². The smallest absolute Gasteiger partial charge is 0.395 e. The number of aliphatic carboxylic acids is 1. The fraction of sp³-hybridized carbons (Fsp3) is 0.727. The van der Waals surface area contributed by atoms with Gasteiger partial charge in [-0.05, 0) is 47.5 Å². The van der Waals surface area contributed by atoms with Crippen molar-refractivity contribution < 1.29 is 28.5 Å². The number of thioether (sulfide) groups is 1. The second-order valence-electron chi connectivity index (χ2n) is 5.15.